The fourth-order valence-corrected chi connectivity index (χ4v) is 6.71. The van der Waals surface area contributed by atoms with Crippen molar-refractivity contribution < 1.29 is 28.3 Å². The SMILES string of the molecule is COc1cc2c(N3CCN(C(=O)Nc4ccc(OC(C)C)cc4)CC3)c(CO)cnc2cc1OCCCN1CCS(=O)CC1. The molecule has 5 rings (SSSR count). The maximum absolute atomic E-state index is 13.0. The number of fused-ring (bicyclic) bond motifs is 1. The Bertz CT molecular complexity index is 1440. The summed E-state index contributed by atoms with van der Waals surface area (Å²) in [6.45, 7) is 9.23. The van der Waals surface area contributed by atoms with Crippen LogP contribution in [0.1, 0.15) is 25.8 Å². The smallest absolute Gasteiger partial charge is 0.321 e. The number of benzene rings is 2. The van der Waals surface area contributed by atoms with Crippen LogP contribution in [0.15, 0.2) is 42.6 Å². The number of carbonyl (C=O) groups is 1. The van der Waals surface area contributed by atoms with E-state index in [1.54, 1.807) is 18.2 Å². The van der Waals surface area contributed by atoms with Gasteiger partial charge in [-0.25, -0.2) is 4.79 Å². The molecule has 2 saturated heterocycles. The van der Waals surface area contributed by atoms with Crippen LogP contribution in [0.4, 0.5) is 16.2 Å². The zero-order valence-corrected chi connectivity index (χ0v) is 26.6. The summed E-state index contributed by atoms with van der Waals surface area (Å²) < 4.78 is 29.1. The molecule has 2 aromatic carbocycles. The molecule has 3 heterocycles. The first-order valence-corrected chi connectivity index (χ1v) is 16.7. The molecule has 2 aliphatic rings. The van der Waals surface area contributed by atoms with Gasteiger partial charge in [0.15, 0.2) is 11.5 Å². The molecule has 238 valence electrons. The average molecular weight is 626 g/mol. The van der Waals surface area contributed by atoms with Gasteiger partial charge in [-0.15, -0.1) is 0 Å². The number of methoxy groups -OCH3 is 1. The summed E-state index contributed by atoms with van der Waals surface area (Å²) in [4.78, 5) is 24.0. The number of pyridine rings is 1. The van der Waals surface area contributed by atoms with Gasteiger partial charge < -0.3 is 39.3 Å². The molecule has 2 N–H and O–H groups in total. The summed E-state index contributed by atoms with van der Waals surface area (Å²) in [5, 5.41) is 14.0. The van der Waals surface area contributed by atoms with Gasteiger partial charge in [-0.2, -0.15) is 0 Å². The summed E-state index contributed by atoms with van der Waals surface area (Å²) in [6, 6.07) is 11.1. The fourth-order valence-electron chi connectivity index (χ4n) is 5.58. The largest absolute Gasteiger partial charge is 0.493 e. The molecule has 0 bridgehead atoms. The van der Waals surface area contributed by atoms with Crippen molar-refractivity contribution in [2.75, 3.05) is 81.3 Å². The third kappa shape index (κ3) is 7.91. The lowest BCUT2D eigenvalue weighted by atomic mass is 10.1. The van der Waals surface area contributed by atoms with Crippen molar-refractivity contribution in [2.24, 2.45) is 0 Å². The summed E-state index contributed by atoms with van der Waals surface area (Å²) >= 11 is 0. The predicted octanol–water partition coefficient (Wildman–Crippen LogP) is 3.71. The highest BCUT2D eigenvalue weighted by atomic mass is 32.2. The Morgan fingerprint density at radius 3 is 2.43 bits per heavy atom. The number of aliphatic hydroxyl groups is 1. The average Bonchev–Trinajstić information content (AvgIpc) is 3.03. The minimum Gasteiger partial charge on any atom is -0.493 e. The van der Waals surface area contributed by atoms with Gasteiger partial charge in [0.1, 0.15) is 5.75 Å². The van der Waals surface area contributed by atoms with Crippen LogP contribution in [0.25, 0.3) is 10.9 Å². The molecule has 11 nitrogen and oxygen atoms in total. The standard InChI is InChI=1S/C32H43N5O6S/c1-23(2)43-26-7-5-25(6-8-26)34-32(39)37-12-10-36(11-13-37)31-24(22-38)21-33-28-20-30(29(41-3)19-27(28)31)42-16-4-9-35-14-17-44(40)18-15-35/h5-8,19-21,23,38H,4,9-18,22H2,1-3H3,(H,34,39). The van der Waals surface area contributed by atoms with Crippen molar-refractivity contribution in [1.29, 1.82) is 0 Å². The molecule has 44 heavy (non-hydrogen) atoms. The van der Waals surface area contributed by atoms with Crippen LogP contribution < -0.4 is 24.4 Å². The maximum atomic E-state index is 13.0. The lowest BCUT2D eigenvalue weighted by molar-refractivity contribution is 0.208. The van der Waals surface area contributed by atoms with Crippen LogP contribution in [0.5, 0.6) is 17.2 Å². The highest BCUT2D eigenvalue weighted by Crippen LogP contribution is 2.38. The van der Waals surface area contributed by atoms with Crippen LogP contribution in [0, 0.1) is 0 Å². The summed E-state index contributed by atoms with van der Waals surface area (Å²) in [5.41, 5.74) is 3.07. The van der Waals surface area contributed by atoms with Crippen LogP contribution >= 0.6 is 0 Å². The molecule has 0 atom stereocenters. The van der Waals surface area contributed by atoms with Gasteiger partial charge in [-0.05, 0) is 50.6 Å². The minimum absolute atomic E-state index is 0.0858. The van der Waals surface area contributed by atoms with E-state index < -0.39 is 10.8 Å². The number of hydrogen-bond acceptors (Lipinski definition) is 9. The molecule has 0 unspecified atom stereocenters. The number of nitrogens with one attached hydrogen (secondary N) is 1. The molecule has 0 radical (unpaired) electrons. The number of urea groups is 1. The Morgan fingerprint density at radius 1 is 1.05 bits per heavy atom. The van der Waals surface area contributed by atoms with Crippen LogP contribution in [0.2, 0.25) is 0 Å². The van der Waals surface area contributed by atoms with Gasteiger partial charge in [0.25, 0.3) is 0 Å². The molecule has 12 heteroatoms. The zero-order valence-electron chi connectivity index (χ0n) is 25.8. The highest BCUT2D eigenvalue weighted by molar-refractivity contribution is 7.85. The third-order valence-electron chi connectivity index (χ3n) is 7.88. The summed E-state index contributed by atoms with van der Waals surface area (Å²) in [6.07, 6.45) is 2.65. The molecular formula is C32H43N5O6S. The van der Waals surface area contributed by atoms with Crippen molar-refractivity contribution in [3.63, 3.8) is 0 Å². The van der Waals surface area contributed by atoms with Crippen LogP contribution in [0.3, 0.4) is 0 Å². The van der Waals surface area contributed by atoms with Crippen molar-refractivity contribution in [3.05, 3.63) is 48.2 Å². The first kappa shape index (κ1) is 31.8. The van der Waals surface area contributed by atoms with Gasteiger partial charge in [0.2, 0.25) is 0 Å². The first-order chi connectivity index (χ1) is 21.3. The number of carbonyl (C=O) groups excluding carboxylic acids is 1. The van der Waals surface area contributed by atoms with E-state index in [0.29, 0.717) is 50.0 Å². The number of hydrogen-bond donors (Lipinski definition) is 2. The molecule has 0 spiro atoms. The number of piperazine rings is 1. The zero-order chi connectivity index (χ0) is 31.1. The second-order valence-electron chi connectivity index (χ2n) is 11.3. The first-order valence-electron chi connectivity index (χ1n) is 15.2. The Labute approximate surface area is 261 Å². The highest BCUT2D eigenvalue weighted by Gasteiger charge is 2.25. The van der Waals surface area contributed by atoms with E-state index in [2.05, 4.69) is 20.1 Å². The molecule has 0 saturated carbocycles. The third-order valence-corrected chi connectivity index (χ3v) is 9.15. The monoisotopic (exact) mass is 625 g/mol. The van der Waals surface area contributed by atoms with E-state index in [4.69, 9.17) is 14.2 Å². The predicted molar refractivity (Wildman–Crippen MR) is 174 cm³/mol. The van der Waals surface area contributed by atoms with E-state index in [9.17, 15) is 14.1 Å². The van der Waals surface area contributed by atoms with Crippen LogP contribution in [-0.2, 0) is 17.4 Å². The minimum atomic E-state index is -0.676. The number of rotatable bonds is 11. The molecule has 2 amide bonds. The fraction of sp³-hybridized carbons (Fsp3) is 0.500. The van der Waals surface area contributed by atoms with E-state index in [1.165, 1.54) is 0 Å². The van der Waals surface area contributed by atoms with Crippen molar-refractivity contribution in [2.45, 2.75) is 33.0 Å². The van der Waals surface area contributed by atoms with Crippen molar-refractivity contribution in [3.8, 4) is 17.2 Å². The lowest BCUT2D eigenvalue weighted by Crippen LogP contribution is -2.50. The molecular weight excluding hydrogens is 582 g/mol. The van der Waals surface area contributed by atoms with Gasteiger partial charge in [-0.1, -0.05) is 0 Å². The van der Waals surface area contributed by atoms with Crippen molar-refractivity contribution >= 4 is 39.1 Å². The Morgan fingerprint density at radius 2 is 1.77 bits per heavy atom. The molecule has 3 aromatic rings. The molecule has 1 aromatic heterocycles. The van der Waals surface area contributed by atoms with Crippen molar-refractivity contribution in [1.82, 2.24) is 14.8 Å². The van der Waals surface area contributed by atoms with E-state index >= 15 is 0 Å². The Balaban J connectivity index is 1.22. The number of nitrogens with zero attached hydrogens (tertiary/aromatic N) is 4. The normalized spacial score (nSPS) is 16.4. The Hall–Kier alpha value is -3.61. The molecule has 2 aliphatic heterocycles. The number of anilines is 2. The van der Waals surface area contributed by atoms with E-state index in [-0.39, 0.29) is 18.7 Å². The van der Waals surface area contributed by atoms with E-state index in [1.807, 2.05) is 50.2 Å². The van der Waals surface area contributed by atoms with Crippen LogP contribution in [-0.4, -0.2) is 107 Å². The quantitative estimate of drug-likeness (QED) is 0.308. The number of ether oxygens (including phenoxy) is 3. The molecule has 2 fully saturated rings. The Kier molecular flexibility index (Phi) is 10.8. The lowest BCUT2D eigenvalue weighted by Gasteiger charge is -2.37. The maximum Gasteiger partial charge on any atom is 0.321 e. The number of amides is 2. The molecule has 0 aliphatic carbocycles. The van der Waals surface area contributed by atoms with E-state index in [0.717, 1.165) is 65.5 Å². The number of aliphatic hydroxyl groups excluding tert-OH is 1. The van der Waals surface area contributed by atoms with Gasteiger partial charge >= 0.3 is 6.03 Å². The van der Waals surface area contributed by atoms with Gasteiger partial charge in [-0.3, -0.25) is 9.19 Å². The second kappa shape index (κ2) is 14.9. The van der Waals surface area contributed by atoms with Gasteiger partial charge in [0, 0.05) is 97.0 Å². The summed E-state index contributed by atoms with van der Waals surface area (Å²) in [7, 11) is 0.942. The topological polar surface area (TPSA) is 117 Å². The van der Waals surface area contributed by atoms with Gasteiger partial charge in [0.05, 0.1) is 37.6 Å². The summed E-state index contributed by atoms with van der Waals surface area (Å²) in [5.74, 6) is 3.48. The second-order valence-corrected chi connectivity index (χ2v) is 13.0. The number of aromatic nitrogens is 1.